The molecule has 1 rings (SSSR count). The van der Waals surface area contributed by atoms with Gasteiger partial charge in [0, 0.05) is 18.7 Å². The Bertz CT molecular complexity index is 390. The summed E-state index contributed by atoms with van der Waals surface area (Å²) in [6.07, 6.45) is -0.195. The van der Waals surface area contributed by atoms with Crippen LogP contribution in [0.3, 0.4) is 0 Å². The highest BCUT2D eigenvalue weighted by atomic mass is 19.3. The van der Waals surface area contributed by atoms with Crippen molar-refractivity contribution in [2.45, 2.75) is 26.7 Å². The third kappa shape index (κ3) is 4.59. The summed E-state index contributed by atoms with van der Waals surface area (Å²) in [7, 11) is 0. The lowest BCUT2D eigenvalue weighted by Gasteiger charge is -2.24. The van der Waals surface area contributed by atoms with Gasteiger partial charge >= 0.3 is 0 Å². The van der Waals surface area contributed by atoms with E-state index in [1.165, 1.54) is 11.2 Å². The Kier molecular flexibility index (Phi) is 6.41. The number of anilines is 2. The van der Waals surface area contributed by atoms with Crippen molar-refractivity contribution in [3.05, 3.63) is 11.9 Å². The third-order valence-electron chi connectivity index (χ3n) is 2.63. The Hall–Kier alpha value is -1.50. The number of rotatable bonds is 8. The zero-order chi connectivity index (χ0) is 14.3. The van der Waals surface area contributed by atoms with Crippen molar-refractivity contribution in [2.24, 2.45) is 0 Å². The zero-order valence-electron chi connectivity index (χ0n) is 11.2. The van der Waals surface area contributed by atoms with Gasteiger partial charge in [0.2, 0.25) is 0 Å². The molecule has 19 heavy (non-hydrogen) atoms. The van der Waals surface area contributed by atoms with E-state index < -0.39 is 13.0 Å². The minimum atomic E-state index is -2.48. The third-order valence-corrected chi connectivity index (χ3v) is 2.63. The Morgan fingerprint density at radius 2 is 2.16 bits per heavy atom. The highest BCUT2D eigenvalue weighted by Crippen LogP contribution is 2.22. The molecule has 0 aliphatic heterocycles. The van der Waals surface area contributed by atoms with Crippen molar-refractivity contribution in [1.29, 1.82) is 0 Å². The number of nitrogens with one attached hydrogen (secondary N) is 1. The van der Waals surface area contributed by atoms with Crippen LogP contribution in [0.15, 0.2) is 6.33 Å². The summed E-state index contributed by atoms with van der Waals surface area (Å²) >= 11 is 0. The van der Waals surface area contributed by atoms with Gasteiger partial charge in [0.25, 0.3) is 6.43 Å². The van der Waals surface area contributed by atoms with Crippen molar-refractivity contribution in [2.75, 3.05) is 36.5 Å². The van der Waals surface area contributed by atoms with Crippen LogP contribution in [0.4, 0.5) is 20.4 Å². The smallest absolute Gasteiger partial charge is 0.255 e. The number of aromatic nitrogens is 2. The van der Waals surface area contributed by atoms with Gasteiger partial charge in [-0.1, -0.05) is 6.92 Å². The number of hydrogen-bond acceptors (Lipinski definition) is 5. The molecule has 1 aromatic heterocycles. The second kappa shape index (κ2) is 7.83. The number of nitrogens with zero attached hydrogens (tertiary/aromatic N) is 3. The van der Waals surface area contributed by atoms with Crippen LogP contribution in [-0.4, -0.2) is 47.7 Å². The predicted octanol–water partition coefficient (Wildman–Crippen LogP) is 1.67. The quantitative estimate of drug-likeness (QED) is 0.755. The van der Waals surface area contributed by atoms with Crippen LogP contribution in [0, 0.1) is 6.92 Å². The molecule has 0 aromatic carbocycles. The lowest BCUT2D eigenvalue weighted by molar-refractivity contribution is 0.152. The molecule has 5 nitrogen and oxygen atoms in total. The van der Waals surface area contributed by atoms with Crippen LogP contribution in [0.5, 0.6) is 0 Å². The van der Waals surface area contributed by atoms with Gasteiger partial charge in [-0.15, -0.1) is 0 Å². The summed E-state index contributed by atoms with van der Waals surface area (Å²) in [5.41, 5.74) is 0.713. The molecule has 0 atom stereocenters. The van der Waals surface area contributed by atoms with Crippen LogP contribution in [0.1, 0.15) is 18.9 Å². The number of alkyl halides is 2. The Balaban J connectivity index is 2.95. The van der Waals surface area contributed by atoms with Crippen molar-refractivity contribution >= 4 is 11.6 Å². The first-order valence-electron chi connectivity index (χ1n) is 6.29. The molecule has 1 aromatic rings. The molecule has 0 radical (unpaired) electrons. The van der Waals surface area contributed by atoms with Crippen molar-refractivity contribution in [1.82, 2.24) is 9.97 Å². The van der Waals surface area contributed by atoms with E-state index in [-0.39, 0.29) is 13.2 Å². The molecule has 108 valence electrons. The standard InChI is InChI=1S/C12H20F2N4O/c1-3-4-15-11-9(2)12(17-8-16-11)18(5-6-19)7-10(13)14/h8,10,19H,3-7H2,1-2H3,(H,15,16,17). The minimum Gasteiger partial charge on any atom is -0.395 e. The maximum absolute atomic E-state index is 12.5. The van der Waals surface area contributed by atoms with E-state index in [0.29, 0.717) is 17.2 Å². The summed E-state index contributed by atoms with van der Waals surface area (Å²) in [6.45, 7) is 4.03. The molecule has 2 N–H and O–H groups in total. The number of aliphatic hydroxyl groups excluding tert-OH is 1. The summed E-state index contributed by atoms with van der Waals surface area (Å²) in [5.74, 6) is 1.08. The molecule has 1 heterocycles. The summed E-state index contributed by atoms with van der Waals surface area (Å²) in [6, 6.07) is 0. The number of aliphatic hydroxyl groups is 1. The van der Waals surface area contributed by atoms with Crippen molar-refractivity contribution < 1.29 is 13.9 Å². The Morgan fingerprint density at radius 1 is 1.42 bits per heavy atom. The monoisotopic (exact) mass is 274 g/mol. The van der Waals surface area contributed by atoms with E-state index in [2.05, 4.69) is 15.3 Å². The van der Waals surface area contributed by atoms with E-state index in [1.807, 2.05) is 6.92 Å². The highest BCUT2D eigenvalue weighted by molar-refractivity contribution is 5.57. The molecule has 0 saturated carbocycles. The van der Waals surface area contributed by atoms with Crippen LogP contribution in [0.2, 0.25) is 0 Å². The molecule has 0 spiro atoms. The van der Waals surface area contributed by atoms with E-state index in [1.54, 1.807) is 6.92 Å². The van der Waals surface area contributed by atoms with Crippen molar-refractivity contribution in [3.63, 3.8) is 0 Å². The first-order chi connectivity index (χ1) is 9.10. The second-order valence-corrected chi connectivity index (χ2v) is 4.16. The Labute approximate surface area is 111 Å². The molecule has 0 aliphatic rings. The number of hydrogen-bond donors (Lipinski definition) is 2. The van der Waals surface area contributed by atoms with Crippen LogP contribution >= 0.6 is 0 Å². The molecule has 0 aliphatic carbocycles. The second-order valence-electron chi connectivity index (χ2n) is 4.16. The van der Waals surface area contributed by atoms with E-state index in [4.69, 9.17) is 5.11 Å². The lowest BCUT2D eigenvalue weighted by atomic mass is 10.2. The van der Waals surface area contributed by atoms with E-state index >= 15 is 0 Å². The molecule has 0 bridgehead atoms. The normalized spacial score (nSPS) is 10.8. The van der Waals surface area contributed by atoms with Gasteiger partial charge in [-0.25, -0.2) is 18.7 Å². The predicted molar refractivity (Wildman–Crippen MR) is 70.9 cm³/mol. The van der Waals surface area contributed by atoms with Gasteiger partial charge in [-0.3, -0.25) is 0 Å². The first-order valence-corrected chi connectivity index (χ1v) is 6.29. The van der Waals surface area contributed by atoms with Crippen LogP contribution < -0.4 is 10.2 Å². The highest BCUT2D eigenvalue weighted by Gasteiger charge is 2.17. The van der Waals surface area contributed by atoms with Crippen LogP contribution in [-0.2, 0) is 0 Å². The SMILES string of the molecule is CCCNc1ncnc(N(CCO)CC(F)F)c1C. The first kappa shape index (κ1) is 15.6. The largest absolute Gasteiger partial charge is 0.395 e. The maximum Gasteiger partial charge on any atom is 0.255 e. The fourth-order valence-electron chi connectivity index (χ4n) is 1.75. The van der Waals surface area contributed by atoms with Crippen LogP contribution in [0.25, 0.3) is 0 Å². The molecule has 0 fully saturated rings. The summed E-state index contributed by atoms with van der Waals surface area (Å²) < 4.78 is 25.1. The van der Waals surface area contributed by atoms with Gasteiger partial charge in [0.1, 0.15) is 18.0 Å². The summed E-state index contributed by atoms with van der Waals surface area (Å²) in [5, 5.41) is 12.1. The van der Waals surface area contributed by atoms with Gasteiger partial charge in [-0.2, -0.15) is 0 Å². The lowest BCUT2D eigenvalue weighted by Crippen LogP contribution is -2.33. The van der Waals surface area contributed by atoms with Gasteiger partial charge in [-0.05, 0) is 13.3 Å². The fraction of sp³-hybridized carbons (Fsp3) is 0.667. The molecular formula is C12H20F2N4O. The summed E-state index contributed by atoms with van der Waals surface area (Å²) in [4.78, 5) is 9.52. The van der Waals surface area contributed by atoms with E-state index in [9.17, 15) is 8.78 Å². The molecule has 7 heteroatoms. The van der Waals surface area contributed by atoms with E-state index in [0.717, 1.165) is 13.0 Å². The van der Waals surface area contributed by atoms with Gasteiger partial charge in [0.15, 0.2) is 0 Å². The fourth-order valence-corrected chi connectivity index (χ4v) is 1.75. The Morgan fingerprint density at radius 3 is 2.74 bits per heavy atom. The maximum atomic E-state index is 12.5. The molecule has 0 unspecified atom stereocenters. The molecule has 0 amide bonds. The zero-order valence-corrected chi connectivity index (χ0v) is 11.2. The van der Waals surface area contributed by atoms with Gasteiger partial charge < -0.3 is 15.3 Å². The van der Waals surface area contributed by atoms with Crippen molar-refractivity contribution in [3.8, 4) is 0 Å². The van der Waals surface area contributed by atoms with Gasteiger partial charge in [0.05, 0.1) is 13.2 Å². The molecular weight excluding hydrogens is 254 g/mol. The molecule has 0 saturated heterocycles. The topological polar surface area (TPSA) is 61.3 Å². The number of halogens is 2. The minimum absolute atomic E-state index is 0.120. The average molecular weight is 274 g/mol. The average Bonchev–Trinajstić information content (AvgIpc) is 2.36.